The van der Waals surface area contributed by atoms with Gasteiger partial charge in [-0.3, -0.25) is 5.73 Å². The molecule has 10 atom stereocenters. The Hall–Kier alpha value is -0.440. The van der Waals surface area contributed by atoms with Crippen molar-refractivity contribution in [1.29, 1.82) is 0 Å². The molecule has 0 aromatic rings. The molecule has 23 heavy (non-hydrogen) atoms. The van der Waals surface area contributed by atoms with Crippen molar-refractivity contribution in [3.8, 4) is 0 Å². The predicted octanol–water partition coefficient (Wildman–Crippen LogP) is -5.08. The second-order valence-electron chi connectivity index (χ2n) is 5.80. The number of hydrogen-bond acceptors (Lipinski definition) is 11. The summed E-state index contributed by atoms with van der Waals surface area (Å²) in [5, 5.41) is 67.8. The van der Waals surface area contributed by atoms with Gasteiger partial charge in [0, 0.05) is 0 Å². The summed E-state index contributed by atoms with van der Waals surface area (Å²) >= 11 is 0. The van der Waals surface area contributed by atoms with E-state index < -0.39 is 67.6 Å². The maximum atomic E-state index is 9.96. The van der Waals surface area contributed by atoms with Gasteiger partial charge in [0.15, 0.2) is 18.3 Å². The maximum absolute atomic E-state index is 9.96. The van der Waals surface area contributed by atoms with Crippen molar-refractivity contribution in [1.82, 2.24) is 0 Å². The summed E-state index contributed by atoms with van der Waals surface area (Å²) in [6.07, 6.45) is -13.9. The van der Waals surface area contributed by atoms with Crippen LogP contribution in [-0.4, -0.2) is 103 Å². The average Bonchev–Trinajstić information content (AvgIpc) is 2.51. The SMILES string of the molecule is C[C@H]1O[C@H](O[C@H]2[C@H](O)[C@@H](O)[C@@H](O)O[C@@H]2CO)[C@H](O)[C@@H](O)[C@@]1(N)O. The van der Waals surface area contributed by atoms with E-state index in [1.807, 2.05) is 0 Å². The number of nitrogens with two attached hydrogens (primary N) is 1. The number of aliphatic hydroxyl groups excluding tert-OH is 6. The van der Waals surface area contributed by atoms with E-state index >= 15 is 0 Å². The van der Waals surface area contributed by atoms with E-state index in [4.69, 9.17) is 19.9 Å². The van der Waals surface area contributed by atoms with Gasteiger partial charge in [-0.2, -0.15) is 0 Å². The normalized spacial score (nSPS) is 54.9. The molecule has 11 nitrogen and oxygen atoms in total. The van der Waals surface area contributed by atoms with Crippen molar-refractivity contribution < 1.29 is 50.0 Å². The van der Waals surface area contributed by atoms with Crippen LogP contribution in [0.1, 0.15) is 6.92 Å². The van der Waals surface area contributed by atoms with Gasteiger partial charge in [-0.1, -0.05) is 0 Å². The fourth-order valence-electron chi connectivity index (χ4n) is 2.56. The van der Waals surface area contributed by atoms with E-state index in [9.17, 15) is 35.7 Å². The monoisotopic (exact) mass is 341 g/mol. The topological polar surface area (TPSA) is 195 Å². The smallest absolute Gasteiger partial charge is 0.187 e. The van der Waals surface area contributed by atoms with Crippen LogP contribution in [0.3, 0.4) is 0 Å². The van der Waals surface area contributed by atoms with Gasteiger partial charge >= 0.3 is 0 Å². The standard InChI is InChI=1S/C12H23NO10/c1-3-12(13,20)9(18)7(17)11(21-3)23-8-4(2-14)22-10(19)6(16)5(8)15/h3-11,14-20H,2,13H2,1H3/t3-,4-,5-,6-,7-,8-,9-,10+,11-,12+/m1/s1. The van der Waals surface area contributed by atoms with Crippen LogP contribution in [-0.2, 0) is 14.2 Å². The van der Waals surface area contributed by atoms with E-state index in [0.29, 0.717) is 0 Å². The van der Waals surface area contributed by atoms with Crippen LogP contribution >= 0.6 is 0 Å². The fraction of sp³-hybridized carbons (Fsp3) is 1.00. The summed E-state index contributed by atoms with van der Waals surface area (Å²) in [6, 6.07) is 0. The summed E-state index contributed by atoms with van der Waals surface area (Å²) in [6.45, 7) is 0.675. The first-order valence-corrected chi connectivity index (χ1v) is 7.10. The molecule has 2 aliphatic heterocycles. The second-order valence-corrected chi connectivity index (χ2v) is 5.80. The number of ether oxygens (including phenoxy) is 3. The predicted molar refractivity (Wildman–Crippen MR) is 70.3 cm³/mol. The summed E-state index contributed by atoms with van der Waals surface area (Å²) in [7, 11) is 0. The lowest BCUT2D eigenvalue weighted by Crippen LogP contribution is -2.71. The van der Waals surface area contributed by atoms with Gasteiger partial charge in [-0.25, -0.2) is 0 Å². The first-order chi connectivity index (χ1) is 10.6. The number of aliphatic hydroxyl groups is 7. The Bertz CT molecular complexity index is 407. The molecule has 2 heterocycles. The average molecular weight is 341 g/mol. The molecule has 2 aliphatic rings. The lowest BCUT2D eigenvalue weighted by molar-refractivity contribution is -0.364. The van der Waals surface area contributed by atoms with Crippen molar-refractivity contribution >= 4 is 0 Å². The minimum Gasteiger partial charge on any atom is -0.394 e. The second kappa shape index (κ2) is 6.82. The highest BCUT2D eigenvalue weighted by atomic mass is 16.7. The first kappa shape index (κ1) is 18.9. The van der Waals surface area contributed by atoms with Gasteiger partial charge in [0.05, 0.1) is 6.61 Å². The maximum Gasteiger partial charge on any atom is 0.187 e. The Labute approximate surface area is 131 Å². The molecule has 0 unspecified atom stereocenters. The van der Waals surface area contributed by atoms with E-state index in [-0.39, 0.29) is 0 Å². The highest BCUT2D eigenvalue weighted by molar-refractivity contribution is 4.97. The number of rotatable bonds is 3. The van der Waals surface area contributed by atoms with Crippen LogP contribution in [0, 0.1) is 0 Å². The summed E-state index contributed by atoms with van der Waals surface area (Å²) in [4.78, 5) is 0. The molecule has 2 rings (SSSR count). The van der Waals surface area contributed by atoms with Gasteiger partial charge in [0.25, 0.3) is 0 Å². The molecular weight excluding hydrogens is 318 g/mol. The van der Waals surface area contributed by atoms with Crippen molar-refractivity contribution in [2.75, 3.05) is 6.61 Å². The van der Waals surface area contributed by atoms with Crippen LogP contribution in [0.2, 0.25) is 0 Å². The molecular formula is C12H23NO10. The molecule has 11 heteroatoms. The Morgan fingerprint density at radius 3 is 2.22 bits per heavy atom. The van der Waals surface area contributed by atoms with E-state index in [1.165, 1.54) is 6.92 Å². The Morgan fingerprint density at radius 2 is 1.65 bits per heavy atom. The van der Waals surface area contributed by atoms with Crippen molar-refractivity contribution in [2.45, 2.75) is 68.0 Å². The number of hydrogen-bond donors (Lipinski definition) is 8. The highest BCUT2D eigenvalue weighted by Crippen LogP contribution is 2.30. The van der Waals surface area contributed by atoms with Crippen molar-refractivity contribution in [3.05, 3.63) is 0 Å². The van der Waals surface area contributed by atoms with Crippen LogP contribution in [0.4, 0.5) is 0 Å². The highest BCUT2D eigenvalue weighted by Gasteiger charge is 2.53. The summed E-state index contributed by atoms with van der Waals surface area (Å²) in [5.41, 5.74) is 3.23. The third-order valence-corrected chi connectivity index (χ3v) is 4.20. The zero-order valence-corrected chi connectivity index (χ0v) is 12.3. The van der Waals surface area contributed by atoms with Crippen LogP contribution in [0.15, 0.2) is 0 Å². The van der Waals surface area contributed by atoms with Gasteiger partial charge in [-0.15, -0.1) is 0 Å². The van der Waals surface area contributed by atoms with Crippen molar-refractivity contribution in [3.63, 3.8) is 0 Å². The molecule has 0 spiro atoms. The van der Waals surface area contributed by atoms with Gasteiger partial charge < -0.3 is 50.0 Å². The van der Waals surface area contributed by atoms with Crippen molar-refractivity contribution in [2.24, 2.45) is 5.73 Å². The molecule has 0 saturated carbocycles. The Kier molecular flexibility index (Phi) is 5.60. The van der Waals surface area contributed by atoms with Crippen LogP contribution < -0.4 is 5.73 Å². The third-order valence-electron chi connectivity index (χ3n) is 4.20. The Balaban J connectivity index is 2.13. The lowest BCUT2D eigenvalue weighted by atomic mass is 9.93. The molecule has 0 radical (unpaired) electrons. The van der Waals surface area contributed by atoms with E-state index in [1.54, 1.807) is 0 Å². The molecule has 0 aromatic heterocycles. The quantitative estimate of drug-likeness (QED) is 0.229. The molecule has 0 aromatic carbocycles. The third kappa shape index (κ3) is 3.36. The molecule has 0 bridgehead atoms. The van der Waals surface area contributed by atoms with Crippen LogP contribution in [0.25, 0.3) is 0 Å². The molecule has 9 N–H and O–H groups in total. The van der Waals surface area contributed by atoms with Crippen LogP contribution in [0.5, 0.6) is 0 Å². The minimum absolute atomic E-state index is 0.659. The molecule has 2 saturated heterocycles. The molecule has 136 valence electrons. The minimum atomic E-state index is -2.22. The Morgan fingerprint density at radius 1 is 1.04 bits per heavy atom. The zero-order chi connectivity index (χ0) is 17.5. The fourth-order valence-corrected chi connectivity index (χ4v) is 2.56. The first-order valence-electron chi connectivity index (χ1n) is 7.10. The molecule has 0 aliphatic carbocycles. The van der Waals surface area contributed by atoms with Gasteiger partial charge in [0.2, 0.25) is 0 Å². The molecule has 0 amide bonds. The summed E-state index contributed by atoms with van der Waals surface area (Å²) in [5.74, 6) is 0. The largest absolute Gasteiger partial charge is 0.394 e. The van der Waals surface area contributed by atoms with E-state index in [0.717, 1.165) is 0 Å². The van der Waals surface area contributed by atoms with E-state index in [2.05, 4.69) is 0 Å². The van der Waals surface area contributed by atoms with Gasteiger partial charge in [0.1, 0.15) is 42.7 Å². The lowest BCUT2D eigenvalue weighted by Gasteiger charge is -2.47. The molecule has 2 fully saturated rings. The summed E-state index contributed by atoms with van der Waals surface area (Å²) < 4.78 is 15.4. The van der Waals surface area contributed by atoms with Gasteiger partial charge in [-0.05, 0) is 6.92 Å². The zero-order valence-electron chi connectivity index (χ0n) is 12.3.